The van der Waals surface area contributed by atoms with Crippen LogP contribution in [0.15, 0.2) is 33.9 Å². The largest absolute Gasteiger partial charge is 0.332 e. The van der Waals surface area contributed by atoms with Crippen molar-refractivity contribution in [2.75, 3.05) is 5.32 Å². The number of rotatable bonds is 1. The monoisotopic (exact) mass is 341 g/mol. The first-order valence-electron chi connectivity index (χ1n) is 7.77. The maximum Gasteiger partial charge on any atom is 0.332 e. The molecule has 1 atom stereocenters. The van der Waals surface area contributed by atoms with Gasteiger partial charge < -0.3 is 5.32 Å². The Balaban J connectivity index is 2.11. The fourth-order valence-corrected chi connectivity index (χ4v) is 3.41. The van der Waals surface area contributed by atoms with Gasteiger partial charge in [-0.25, -0.2) is 9.18 Å². The Labute approximate surface area is 141 Å². The highest BCUT2D eigenvalue weighted by Gasteiger charge is 2.35. The van der Waals surface area contributed by atoms with Crippen LogP contribution in [-0.4, -0.2) is 19.3 Å². The molecule has 128 valence electrons. The van der Waals surface area contributed by atoms with Gasteiger partial charge in [0.25, 0.3) is 5.56 Å². The molecule has 1 unspecified atom stereocenters. The van der Waals surface area contributed by atoms with E-state index in [0.717, 1.165) is 21.4 Å². The maximum atomic E-state index is 13.4. The van der Waals surface area contributed by atoms with Crippen LogP contribution >= 0.6 is 0 Å². The summed E-state index contributed by atoms with van der Waals surface area (Å²) in [6, 6.07) is 6.02. The van der Waals surface area contributed by atoms with Gasteiger partial charge in [0.1, 0.15) is 11.6 Å². The zero-order valence-corrected chi connectivity index (χ0v) is 13.9. The number of aryl methyl sites for hydroxylation is 1. The van der Waals surface area contributed by atoms with Crippen molar-refractivity contribution in [1.29, 1.82) is 0 Å². The molecule has 0 radical (unpaired) electrons. The second-order valence-electron chi connectivity index (χ2n) is 6.19. The van der Waals surface area contributed by atoms with Gasteiger partial charge in [-0.1, -0.05) is 12.1 Å². The lowest BCUT2D eigenvalue weighted by atomic mass is 9.83. The average molecular weight is 341 g/mol. The molecule has 0 amide bonds. The molecule has 1 aliphatic rings. The molecule has 0 aliphatic carbocycles. The summed E-state index contributed by atoms with van der Waals surface area (Å²) in [6.07, 6.45) is 0. The Morgan fingerprint density at radius 3 is 2.44 bits per heavy atom. The second-order valence-corrected chi connectivity index (χ2v) is 6.19. The van der Waals surface area contributed by atoms with Crippen LogP contribution in [0.25, 0.3) is 0 Å². The van der Waals surface area contributed by atoms with E-state index in [0.29, 0.717) is 17.2 Å². The lowest BCUT2D eigenvalue weighted by Crippen LogP contribution is -2.42. The first-order chi connectivity index (χ1) is 11.9. The maximum absolute atomic E-state index is 13.4. The van der Waals surface area contributed by atoms with Crippen LogP contribution < -0.4 is 16.6 Å². The normalized spacial score (nSPS) is 15.4. The number of nitrogens with one attached hydrogen (secondary N) is 2. The van der Waals surface area contributed by atoms with Crippen molar-refractivity contribution in [1.82, 2.24) is 19.3 Å². The smallest absolute Gasteiger partial charge is 0.324 e. The van der Waals surface area contributed by atoms with Crippen LogP contribution in [0.5, 0.6) is 0 Å². The number of H-pyrrole nitrogens is 1. The summed E-state index contributed by atoms with van der Waals surface area (Å²) in [5.41, 5.74) is 2.00. The van der Waals surface area contributed by atoms with Gasteiger partial charge in [-0.2, -0.15) is 5.10 Å². The third kappa shape index (κ3) is 2.07. The summed E-state index contributed by atoms with van der Waals surface area (Å²) < 4.78 is 15.9. The minimum atomic E-state index is -0.448. The molecular formula is C17H16FN5O2. The Morgan fingerprint density at radius 2 is 1.76 bits per heavy atom. The summed E-state index contributed by atoms with van der Waals surface area (Å²) in [4.78, 5) is 25.2. The quantitative estimate of drug-likeness (QED) is 0.549. The molecule has 25 heavy (non-hydrogen) atoms. The molecule has 1 aromatic carbocycles. The molecule has 7 nitrogen and oxygen atoms in total. The molecule has 0 bridgehead atoms. The number of aromatic amines is 1. The molecule has 0 fully saturated rings. The van der Waals surface area contributed by atoms with E-state index in [-0.39, 0.29) is 11.4 Å². The number of halogens is 1. The van der Waals surface area contributed by atoms with E-state index < -0.39 is 11.6 Å². The number of benzene rings is 1. The predicted molar refractivity (Wildman–Crippen MR) is 90.9 cm³/mol. The Morgan fingerprint density at radius 1 is 1.08 bits per heavy atom. The molecule has 1 aliphatic heterocycles. The fraction of sp³-hybridized carbons (Fsp3) is 0.235. The minimum absolute atomic E-state index is 0.351. The Hall–Kier alpha value is -3.16. The lowest BCUT2D eigenvalue weighted by Gasteiger charge is -2.28. The van der Waals surface area contributed by atoms with E-state index in [9.17, 15) is 14.0 Å². The van der Waals surface area contributed by atoms with Gasteiger partial charge in [0, 0.05) is 31.3 Å². The van der Waals surface area contributed by atoms with Crippen molar-refractivity contribution < 1.29 is 4.39 Å². The van der Waals surface area contributed by atoms with E-state index in [1.807, 2.05) is 6.92 Å². The Bertz CT molecular complexity index is 1110. The summed E-state index contributed by atoms with van der Waals surface area (Å²) in [5, 5.41) is 10.2. The standard InChI is InChI=1S/C17H16FN5O2/c1-8-11-12(9-4-6-10(18)7-5-9)13-15(19-14(11)21-20-8)22(2)17(25)23(3)16(13)24/h4-7,12H,1-3H3,(H2,19,20,21). The van der Waals surface area contributed by atoms with Crippen molar-refractivity contribution >= 4 is 11.6 Å². The zero-order chi connectivity index (χ0) is 17.9. The van der Waals surface area contributed by atoms with Crippen LogP contribution in [0.1, 0.15) is 28.3 Å². The predicted octanol–water partition coefficient (Wildman–Crippen LogP) is 1.49. The second kappa shape index (κ2) is 5.17. The average Bonchev–Trinajstić information content (AvgIpc) is 2.98. The molecule has 0 saturated heterocycles. The van der Waals surface area contributed by atoms with Crippen molar-refractivity contribution in [2.24, 2.45) is 14.1 Å². The highest BCUT2D eigenvalue weighted by molar-refractivity contribution is 5.71. The van der Waals surface area contributed by atoms with E-state index in [4.69, 9.17) is 0 Å². The van der Waals surface area contributed by atoms with Crippen molar-refractivity contribution in [3.63, 3.8) is 0 Å². The van der Waals surface area contributed by atoms with Crippen LogP contribution in [0.4, 0.5) is 16.0 Å². The highest BCUT2D eigenvalue weighted by atomic mass is 19.1. The van der Waals surface area contributed by atoms with E-state index in [1.165, 1.54) is 23.7 Å². The SMILES string of the molecule is Cc1[nH]nc2c1C(c1ccc(F)cc1)c1c(n(C)c(=O)n(C)c1=O)N2. The number of fused-ring (bicyclic) bond motifs is 2. The van der Waals surface area contributed by atoms with Gasteiger partial charge in [0.05, 0.1) is 5.56 Å². The molecule has 3 aromatic rings. The van der Waals surface area contributed by atoms with E-state index >= 15 is 0 Å². The molecule has 0 saturated carbocycles. The van der Waals surface area contributed by atoms with Crippen molar-refractivity contribution in [2.45, 2.75) is 12.8 Å². The number of hydrogen-bond acceptors (Lipinski definition) is 4. The van der Waals surface area contributed by atoms with Crippen LogP contribution in [0.2, 0.25) is 0 Å². The van der Waals surface area contributed by atoms with Gasteiger partial charge >= 0.3 is 5.69 Å². The molecule has 0 spiro atoms. The zero-order valence-electron chi connectivity index (χ0n) is 13.9. The van der Waals surface area contributed by atoms with E-state index in [2.05, 4.69) is 15.5 Å². The van der Waals surface area contributed by atoms with Gasteiger partial charge in [0.2, 0.25) is 0 Å². The molecule has 2 aromatic heterocycles. The molecule has 4 rings (SSSR count). The summed E-state index contributed by atoms with van der Waals surface area (Å²) in [5.74, 6) is 0.163. The number of hydrogen-bond donors (Lipinski definition) is 2. The molecule has 3 heterocycles. The van der Waals surface area contributed by atoms with Gasteiger partial charge in [-0.15, -0.1) is 0 Å². The highest BCUT2D eigenvalue weighted by Crippen LogP contribution is 2.43. The van der Waals surface area contributed by atoms with Crippen LogP contribution in [0, 0.1) is 12.7 Å². The number of aromatic nitrogens is 4. The Kier molecular flexibility index (Phi) is 3.18. The topological polar surface area (TPSA) is 84.7 Å². The van der Waals surface area contributed by atoms with Gasteiger partial charge in [-0.05, 0) is 24.6 Å². The minimum Gasteiger partial charge on any atom is -0.324 e. The van der Waals surface area contributed by atoms with Crippen molar-refractivity contribution in [3.8, 4) is 0 Å². The molecule has 8 heteroatoms. The van der Waals surface area contributed by atoms with Crippen molar-refractivity contribution in [3.05, 3.63) is 73.3 Å². The number of nitrogens with zero attached hydrogens (tertiary/aromatic N) is 3. The summed E-state index contributed by atoms with van der Waals surface area (Å²) in [6.45, 7) is 1.86. The third-order valence-electron chi connectivity index (χ3n) is 4.71. The first-order valence-corrected chi connectivity index (χ1v) is 7.77. The van der Waals surface area contributed by atoms with E-state index in [1.54, 1.807) is 19.2 Å². The number of anilines is 2. The fourth-order valence-electron chi connectivity index (χ4n) is 3.41. The summed E-state index contributed by atoms with van der Waals surface area (Å²) >= 11 is 0. The molecule has 2 N–H and O–H groups in total. The van der Waals surface area contributed by atoms with Gasteiger partial charge in [0.15, 0.2) is 5.82 Å². The summed E-state index contributed by atoms with van der Waals surface area (Å²) in [7, 11) is 3.05. The lowest BCUT2D eigenvalue weighted by molar-refractivity contribution is 0.626. The first kappa shape index (κ1) is 15.4. The van der Waals surface area contributed by atoms with Gasteiger partial charge in [-0.3, -0.25) is 19.0 Å². The van der Waals surface area contributed by atoms with Crippen LogP contribution in [-0.2, 0) is 14.1 Å². The van der Waals surface area contributed by atoms with Crippen LogP contribution in [0.3, 0.4) is 0 Å². The third-order valence-corrected chi connectivity index (χ3v) is 4.71. The molecular weight excluding hydrogens is 325 g/mol.